The van der Waals surface area contributed by atoms with Crippen molar-refractivity contribution >= 4 is 5.91 Å². The number of hydrogen-bond acceptors (Lipinski definition) is 1. The number of terminal acetylenes is 1. The predicted molar refractivity (Wildman–Crippen MR) is 66.9 cm³/mol. The van der Waals surface area contributed by atoms with E-state index in [4.69, 9.17) is 6.42 Å². The van der Waals surface area contributed by atoms with E-state index in [9.17, 15) is 4.79 Å². The van der Waals surface area contributed by atoms with Gasteiger partial charge in [0.1, 0.15) is 0 Å². The molecule has 1 aliphatic rings. The van der Waals surface area contributed by atoms with E-state index in [1.54, 1.807) is 0 Å². The molecule has 0 atom stereocenters. The van der Waals surface area contributed by atoms with Crippen LogP contribution in [0.15, 0.2) is 0 Å². The summed E-state index contributed by atoms with van der Waals surface area (Å²) in [5.74, 6) is 3.41. The average molecular weight is 221 g/mol. The lowest BCUT2D eigenvalue weighted by Crippen LogP contribution is -2.26. The van der Waals surface area contributed by atoms with Gasteiger partial charge in [0.2, 0.25) is 5.91 Å². The van der Waals surface area contributed by atoms with Crippen LogP contribution in [-0.4, -0.2) is 12.5 Å². The van der Waals surface area contributed by atoms with Crippen LogP contribution in [0, 0.1) is 18.3 Å². The summed E-state index contributed by atoms with van der Waals surface area (Å²) in [6.07, 6.45) is 15.3. The minimum Gasteiger partial charge on any atom is -0.356 e. The van der Waals surface area contributed by atoms with E-state index in [1.165, 1.54) is 38.5 Å². The van der Waals surface area contributed by atoms with Gasteiger partial charge in [-0.2, -0.15) is 0 Å². The molecule has 0 heterocycles. The van der Waals surface area contributed by atoms with Crippen LogP contribution in [0.4, 0.5) is 0 Å². The van der Waals surface area contributed by atoms with Crippen molar-refractivity contribution in [1.29, 1.82) is 0 Å². The third-order valence-electron chi connectivity index (χ3n) is 3.27. The van der Waals surface area contributed by atoms with Gasteiger partial charge < -0.3 is 5.32 Å². The number of nitrogens with one attached hydrogen (secondary N) is 1. The fourth-order valence-electron chi connectivity index (χ4n) is 2.32. The largest absolute Gasteiger partial charge is 0.356 e. The second kappa shape index (κ2) is 8.21. The molecule has 0 radical (unpaired) electrons. The summed E-state index contributed by atoms with van der Waals surface area (Å²) >= 11 is 0. The molecule has 1 saturated carbocycles. The first-order chi connectivity index (χ1) is 7.83. The summed E-state index contributed by atoms with van der Waals surface area (Å²) in [6.45, 7) is 0.732. The highest BCUT2D eigenvalue weighted by molar-refractivity contribution is 5.76. The van der Waals surface area contributed by atoms with Gasteiger partial charge in [-0.3, -0.25) is 4.79 Å². The lowest BCUT2D eigenvalue weighted by molar-refractivity contribution is -0.122. The molecule has 1 fully saturated rings. The molecule has 0 unspecified atom stereocenters. The highest BCUT2D eigenvalue weighted by Gasteiger charge is 2.15. The van der Waals surface area contributed by atoms with E-state index < -0.39 is 0 Å². The van der Waals surface area contributed by atoms with Crippen LogP contribution >= 0.6 is 0 Å². The minimum absolute atomic E-state index is 0.212. The van der Waals surface area contributed by atoms with Crippen LogP contribution in [0.3, 0.4) is 0 Å². The van der Waals surface area contributed by atoms with Crippen LogP contribution < -0.4 is 5.32 Å². The van der Waals surface area contributed by atoms with E-state index in [2.05, 4.69) is 11.2 Å². The molecule has 0 bridgehead atoms. The van der Waals surface area contributed by atoms with E-state index in [0.29, 0.717) is 5.92 Å². The highest BCUT2D eigenvalue weighted by Crippen LogP contribution is 2.25. The zero-order valence-corrected chi connectivity index (χ0v) is 10.1. The van der Waals surface area contributed by atoms with Gasteiger partial charge in [0.25, 0.3) is 0 Å². The molecule has 2 nitrogen and oxygen atoms in total. The summed E-state index contributed by atoms with van der Waals surface area (Å²) in [4.78, 5) is 11.6. The standard InChI is InChI=1S/C14H23NO/c1-2-3-8-11-15-14(16)12-13-9-6-4-5-7-10-13/h1,13H,3-12H2,(H,15,16). The van der Waals surface area contributed by atoms with Gasteiger partial charge in [0.05, 0.1) is 0 Å². The van der Waals surface area contributed by atoms with Gasteiger partial charge in [-0.15, -0.1) is 12.3 Å². The van der Waals surface area contributed by atoms with Crippen LogP contribution in [0.2, 0.25) is 0 Å². The van der Waals surface area contributed by atoms with Crippen molar-refractivity contribution in [1.82, 2.24) is 5.32 Å². The Labute approximate surface area is 99.2 Å². The van der Waals surface area contributed by atoms with Crippen LogP contribution in [0.25, 0.3) is 0 Å². The van der Waals surface area contributed by atoms with Crippen molar-refractivity contribution in [2.24, 2.45) is 5.92 Å². The second-order valence-electron chi connectivity index (χ2n) is 4.72. The van der Waals surface area contributed by atoms with Gasteiger partial charge in [-0.05, 0) is 25.2 Å². The maximum atomic E-state index is 11.6. The molecule has 1 amide bonds. The Hall–Kier alpha value is -0.970. The van der Waals surface area contributed by atoms with Crippen molar-refractivity contribution in [2.45, 2.75) is 57.8 Å². The summed E-state index contributed by atoms with van der Waals surface area (Å²) < 4.78 is 0. The van der Waals surface area contributed by atoms with Crippen molar-refractivity contribution in [3.63, 3.8) is 0 Å². The molecule has 2 heteroatoms. The summed E-state index contributed by atoms with van der Waals surface area (Å²) in [5, 5.41) is 2.95. The Kier molecular flexibility index (Phi) is 6.72. The Morgan fingerprint density at radius 3 is 2.56 bits per heavy atom. The fourth-order valence-corrected chi connectivity index (χ4v) is 2.32. The van der Waals surface area contributed by atoms with Crippen LogP contribution in [0.1, 0.15) is 57.8 Å². The van der Waals surface area contributed by atoms with Crippen molar-refractivity contribution in [3.8, 4) is 12.3 Å². The second-order valence-corrected chi connectivity index (χ2v) is 4.72. The first-order valence-electron chi connectivity index (χ1n) is 6.53. The first-order valence-corrected chi connectivity index (χ1v) is 6.53. The lowest BCUT2D eigenvalue weighted by Gasteiger charge is -2.13. The zero-order chi connectivity index (χ0) is 11.6. The number of unbranched alkanes of at least 4 members (excludes halogenated alkanes) is 1. The maximum Gasteiger partial charge on any atom is 0.220 e. The molecular weight excluding hydrogens is 198 g/mol. The third-order valence-corrected chi connectivity index (χ3v) is 3.27. The van der Waals surface area contributed by atoms with Gasteiger partial charge >= 0.3 is 0 Å². The summed E-state index contributed by atoms with van der Waals surface area (Å²) in [6, 6.07) is 0. The van der Waals surface area contributed by atoms with Gasteiger partial charge in [0.15, 0.2) is 0 Å². The minimum atomic E-state index is 0.212. The van der Waals surface area contributed by atoms with E-state index in [0.717, 1.165) is 25.8 Å². The fraction of sp³-hybridized carbons (Fsp3) is 0.786. The Morgan fingerprint density at radius 2 is 1.94 bits per heavy atom. The van der Waals surface area contributed by atoms with Gasteiger partial charge in [-0.25, -0.2) is 0 Å². The zero-order valence-electron chi connectivity index (χ0n) is 10.1. The normalized spacial score (nSPS) is 17.4. The van der Waals surface area contributed by atoms with Crippen molar-refractivity contribution < 1.29 is 4.79 Å². The number of amides is 1. The van der Waals surface area contributed by atoms with Crippen molar-refractivity contribution in [2.75, 3.05) is 6.54 Å². The lowest BCUT2D eigenvalue weighted by atomic mass is 9.96. The molecule has 0 aromatic heterocycles. The summed E-state index contributed by atoms with van der Waals surface area (Å²) in [5.41, 5.74) is 0. The van der Waals surface area contributed by atoms with Gasteiger partial charge in [-0.1, -0.05) is 25.7 Å². The molecule has 0 spiro atoms. The molecule has 1 aliphatic carbocycles. The molecular formula is C14H23NO. The molecule has 0 aromatic carbocycles. The Balaban J connectivity index is 2.10. The molecule has 1 rings (SSSR count). The smallest absolute Gasteiger partial charge is 0.220 e. The first kappa shape index (κ1) is 13.1. The van der Waals surface area contributed by atoms with Gasteiger partial charge in [0, 0.05) is 19.4 Å². The van der Waals surface area contributed by atoms with Crippen LogP contribution in [0.5, 0.6) is 0 Å². The summed E-state index contributed by atoms with van der Waals surface area (Å²) in [7, 11) is 0. The van der Waals surface area contributed by atoms with Crippen molar-refractivity contribution in [3.05, 3.63) is 0 Å². The molecule has 16 heavy (non-hydrogen) atoms. The van der Waals surface area contributed by atoms with E-state index in [1.807, 2.05) is 0 Å². The Bertz CT molecular complexity index is 234. The number of hydrogen-bond donors (Lipinski definition) is 1. The average Bonchev–Trinajstić information content (AvgIpc) is 2.53. The molecule has 0 aromatic rings. The SMILES string of the molecule is C#CCCCNC(=O)CC1CCCCCC1. The number of carbonyl (C=O) groups excluding carboxylic acids is 1. The number of rotatable bonds is 5. The van der Waals surface area contributed by atoms with E-state index in [-0.39, 0.29) is 5.91 Å². The van der Waals surface area contributed by atoms with E-state index >= 15 is 0 Å². The predicted octanol–water partition coefficient (Wildman–Crippen LogP) is 2.88. The topological polar surface area (TPSA) is 29.1 Å². The number of carbonyl (C=O) groups is 1. The monoisotopic (exact) mass is 221 g/mol. The molecule has 0 aliphatic heterocycles. The molecule has 0 saturated heterocycles. The highest BCUT2D eigenvalue weighted by atomic mass is 16.1. The third kappa shape index (κ3) is 5.80. The maximum absolute atomic E-state index is 11.6. The molecule has 1 N–H and O–H groups in total. The quantitative estimate of drug-likeness (QED) is 0.432. The van der Waals surface area contributed by atoms with Crippen LogP contribution in [-0.2, 0) is 4.79 Å². The molecule has 90 valence electrons. The Morgan fingerprint density at radius 1 is 1.25 bits per heavy atom.